The van der Waals surface area contributed by atoms with Gasteiger partial charge in [-0.2, -0.15) is 5.26 Å². The third kappa shape index (κ3) is 2.17. The molecule has 1 aromatic rings. The van der Waals surface area contributed by atoms with Crippen molar-refractivity contribution in [2.45, 2.75) is 6.04 Å². The average molecular weight is 244 g/mol. The standard InChI is InChI=1S/C13H16N4O/c14-7-11-1-2-12(8-15-11)16-3-5-17(6-4-16)13-9-18-10-13/h1-2,8,13H,3-6,9-10H2. The van der Waals surface area contributed by atoms with Gasteiger partial charge in [0.1, 0.15) is 11.8 Å². The largest absolute Gasteiger partial charge is 0.378 e. The van der Waals surface area contributed by atoms with Gasteiger partial charge in [0, 0.05) is 26.2 Å². The van der Waals surface area contributed by atoms with Gasteiger partial charge >= 0.3 is 0 Å². The molecule has 2 aliphatic heterocycles. The van der Waals surface area contributed by atoms with E-state index in [1.165, 1.54) is 0 Å². The van der Waals surface area contributed by atoms with Crippen LogP contribution in [0.25, 0.3) is 0 Å². The fraction of sp³-hybridized carbons (Fsp3) is 0.538. The number of ether oxygens (including phenoxy) is 1. The van der Waals surface area contributed by atoms with Crippen LogP contribution in [0.3, 0.4) is 0 Å². The molecule has 0 unspecified atom stereocenters. The highest BCUT2D eigenvalue weighted by atomic mass is 16.5. The molecule has 94 valence electrons. The molecular formula is C13H16N4O. The first kappa shape index (κ1) is 11.5. The number of pyridine rings is 1. The molecule has 2 aliphatic rings. The molecule has 5 nitrogen and oxygen atoms in total. The van der Waals surface area contributed by atoms with Gasteiger partial charge in [0.05, 0.1) is 31.1 Å². The fourth-order valence-electron chi connectivity index (χ4n) is 2.42. The van der Waals surface area contributed by atoms with Crippen molar-refractivity contribution in [3.8, 4) is 6.07 Å². The van der Waals surface area contributed by atoms with Crippen LogP contribution in [0.15, 0.2) is 18.3 Å². The molecule has 3 heterocycles. The predicted molar refractivity (Wildman–Crippen MR) is 67.3 cm³/mol. The van der Waals surface area contributed by atoms with E-state index in [4.69, 9.17) is 10.00 Å². The molecule has 18 heavy (non-hydrogen) atoms. The third-order valence-corrected chi connectivity index (χ3v) is 3.68. The number of hydrogen-bond donors (Lipinski definition) is 0. The zero-order valence-corrected chi connectivity index (χ0v) is 10.2. The van der Waals surface area contributed by atoms with Crippen LogP contribution in [0.4, 0.5) is 5.69 Å². The van der Waals surface area contributed by atoms with Crippen molar-refractivity contribution in [2.24, 2.45) is 0 Å². The van der Waals surface area contributed by atoms with Crippen LogP contribution in [0.5, 0.6) is 0 Å². The lowest BCUT2D eigenvalue weighted by Gasteiger charge is -2.43. The Morgan fingerprint density at radius 1 is 1.22 bits per heavy atom. The van der Waals surface area contributed by atoms with Crippen LogP contribution in [0, 0.1) is 11.3 Å². The number of aromatic nitrogens is 1. The Hall–Kier alpha value is -1.64. The zero-order chi connectivity index (χ0) is 12.4. The molecule has 0 N–H and O–H groups in total. The predicted octanol–water partition coefficient (Wildman–Crippen LogP) is 0.474. The summed E-state index contributed by atoms with van der Waals surface area (Å²) in [5.74, 6) is 0. The summed E-state index contributed by atoms with van der Waals surface area (Å²) in [4.78, 5) is 8.94. The smallest absolute Gasteiger partial charge is 0.140 e. The number of hydrogen-bond acceptors (Lipinski definition) is 5. The van der Waals surface area contributed by atoms with Crippen LogP contribution in [-0.2, 0) is 4.74 Å². The van der Waals surface area contributed by atoms with E-state index in [2.05, 4.69) is 14.8 Å². The van der Waals surface area contributed by atoms with Gasteiger partial charge in [0.15, 0.2) is 0 Å². The van der Waals surface area contributed by atoms with E-state index in [1.54, 1.807) is 12.3 Å². The van der Waals surface area contributed by atoms with Gasteiger partial charge in [-0.25, -0.2) is 4.98 Å². The van der Waals surface area contributed by atoms with Gasteiger partial charge in [0.25, 0.3) is 0 Å². The van der Waals surface area contributed by atoms with Gasteiger partial charge in [-0.1, -0.05) is 0 Å². The molecule has 0 aliphatic carbocycles. The first-order chi connectivity index (χ1) is 8.86. The molecule has 2 saturated heterocycles. The summed E-state index contributed by atoms with van der Waals surface area (Å²) in [7, 11) is 0. The lowest BCUT2D eigenvalue weighted by Crippen LogP contribution is -2.56. The number of nitriles is 1. The topological polar surface area (TPSA) is 52.4 Å². The quantitative estimate of drug-likeness (QED) is 0.757. The summed E-state index contributed by atoms with van der Waals surface area (Å²) >= 11 is 0. The zero-order valence-electron chi connectivity index (χ0n) is 10.2. The van der Waals surface area contributed by atoms with Crippen LogP contribution in [0.1, 0.15) is 5.69 Å². The molecule has 2 fully saturated rings. The van der Waals surface area contributed by atoms with Crippen molar-refractivity contribution in [3.63, 3.8) is 0 Å². The van der Waals surface area contributed by atoms with Gasteiger partial charge in [-0.15, -0.1) is 0 Å². The minimum atomic E-state index is 0.476. The third-order valence-electron chi connectivity index (χ3n) is 3.68. The minimum absolute atomic E-state index is 0.476. The molecule has 0 radical (unpaired) electrons. The van der Waals surface area contributed by atoms with E-state index in [0.29, 0.717) is 11.7 Å². The highest BCUT2D eigenvalue weighted by molar-refractivity contribution is 5.46. The van der Waals surface area contributed by atoms with Gasteiger partial charge < -0.3 is 9.64 Å². The van der Waals surface area contributed by atoms with Gasteiger partial charge in [-0.05, 0) is 12.1 Å². The van der Waals surface area contributed by atoms with E-state index in [1.807, 2.05) is 12.1 Å². The normalized spacial score (nSPS) is 21.4. The lowest BCUT2D eigenvalue weighted by atomic mass is 10.1. The molecule has 3 rings (SSSR count). The van der Waals surface area contributed by atoms with Crippen LogP contribution in [-0.4, -0.2) is 55.3 Å². The van der Waals surface area contributed by atoms with Crippen molar-refractivity contribution in [2.75, 3.05) is 44.3 Å². The summed E-state index contributed by atoms with van der Waals surface area (Å²) in [5.41, 5.74) is 1.59. The van der Waals surface area contributed by atoms with Crippen LogP contribution >= 0.6 is 0 Å². The van der Waals surface area contributed by atoms with E-state index < -0.39 is 0 Å². The molecule has 5 heteroatoms. The lowest BCUT2D eigenvalue weighted by molar-refractivity contribution is -0.0660. The summed E-state index contributed by atoms with van der Waals surface area (Å²) < 4.78 is 5.23. The molecule has 0 bridgehead atoms. The molecule has 1 aromatic heterocycles. The van der Waals surface area contributed by atoms with Crippen molar-refractivity contribution in [1.82, 2.24) is 9.88 Å². The Morgan fingerprint density at radius 3 is 2.50 bits per heavy atom. The maximum Gasteiger partial charge on any atom is 0.140 e. The maximum atomic E-state index is 8.72. The molecular weight excluding hydrogens is 228 g/mol. The maximum absolute atomic E-state index is 8.72. The Labute approximate surface area is 107 Å². The summed E-state index contributed by atoms with van der Waals surface area (Å²) in [6.07, 6.45) is 1.79. The van der Waals surface area contributed by atoms with E-state index in [-0.39, 0.29) is 0 Å². The van der Waals surface area contributed by atoms with Gasteiger partial charge in [0.2, 0.25) is 0 Å². The van der Waals surface area contributed by atoms with Crippen LogP contribution < -0.4 is 4.90 Å². The van der Waals surface area contributed by atoms with Crippen molar-refractivity contribution in [1.29, 1.82) is 5.26 Å². The molecule has 0 spiro atoms. The van der Waals surface area contributed by atoms with Crippen molar-refractivity contribution >= 4 is 5.69 Å². The first-order valence-electron chi connectivity index (χ1n) is 6.30. The monoisotopic (exact) mass is 244 g/mol. The molecule has 0 atom stereocenters. The average Bonchev–Trinajstić information content (AvgIpc) is 2.38. The fourth-order valence-corrected chi connectivity index (χ4v) is 2.42. The minimum Gasteiger partial charge on any atom is -0.378 e. The van der Waals surface area contributed by atoms with Crippen molar-refractivity contribution in [3.05, 3.63) is 24.0 Å². The first-order valence-corrected chi connectivity index (χ1v) is 6.30. The van der Waals surface area contributed by atoms with Gasteiger partial charge in [-0.3, -0.25) is 4.90 Å². The van der Waals surface area contributed by atoms with Crippen LogP contribution in [0.2, 0.25) is 0 Å². The van der Waals surface area contributed by atoms with E-state index >= 15 is 0 Å². The summed E-state index contributed by atoms with van der Waals surface area (Å²) in [5, 5.41) is 8.72. The number of rotatable bonds is 2. The van der Waals surface area contributed by atoms with E-state index in [0.717, 1.165) is 45.1 Å². The highest BCUT2D eigenvalue weighted by Crippen LogP contribution is 2.18. The SMILES string of the molecule is N#Cc1ccc(N2CCN(C3COC3)CC2)cn1. The number of piperazine rings is 1. The Balaban J connectivity index is 1.59. The summed E-state index contributed by atoms with van der Waals surface area (Å²) in [6, 6.07) is 6.43. The molecule has 0 saturated carbocycles. The summed E-state index contributed by atoms with van der Waals surface area (Å²) in [6.45, 7) is 5.97. The molecule has 0 aromatic carbocycles. The Morgan fingerprint density at radius 2 is 2.00 bits per heavy atom. The second-order valence-electron chi connectivity index (χ2n) is 4.73. The number of anilines is 1. The second-order valence-corrected chi connectivity index (χ2v) is 4.73. The number of nitrogens with zero attached hydrogens (tertiary/aromatic N) is 4. The van der Waals surface area contributed by atoms with E-state index in [9.17, 15) is 0 Å². The Kier molecular flexibility index (Phi) is 3.13. The Bertz CT molecular complexity index is 441. The molecule has 0 amide bonds. The second kappa shape index (κ2) is 4.92. The highest BCUT2D eigenvalue weighted by Gasteiger charge is 2.28. The van der Waals surface area contributed by atoms with Crippen molar-refractivity contribution < 1.29 is 4.74 Å².